The first kappa shape index (κ1) is 21.3. The van der Waals surface area contributed by atoms with Crippen molar-refractivity contribution in [3.05, 3.63) is 57.2 Å². The van der Waals surface area contributed by atoms with E-state index < -0.39 is 23.8 Å². The summed E-state index contributed by atoms with van der Waals surface area (Å²) in [6.45, 7) is 2.22. The Bertz CT molecular complexity index is 919. The van der Waals surface area contributed by atoms with Crippen LogP contribution in [0.4, 0.5) is 0 Å². The Hall–Kier alpha value is -2.37. The average molecular weight is 513 g/mol. The van der Waals surface area contributed by atoms with E-state index >= 15 is 0 Å². The van der Waals surface area contributed by atoms with E-state index in [1.807, 2.05) is 31.2 Å². The molecule has 1 heterocycles. The molecule has 4 N–H and O–H groups in total. The van der Waals surface area contributed by atoms with E-state index in [9.17, 15) is 24.9 Å². The Balaban J connectivity index is 1.67. The molecule has 29 heavy (non-hydrogen) atoms. The van der Waals surface area contributed by atoms with Crippen molar-refractivity contribution in [3.63, 3.8) is 0 Å². The molecule has 3 rings (SSSR count). The second-order valence-corrected chi connectivity index (χ2v) is 8.01. The number of halogens is 1. The minimum absolute atomic E-state index is 0.0680. The number of ether oxygens (including phenoxy) is 2. The van der Waals surface area contributed by atoms with Crippen LogP contribution in [0.15, 0.2) is 42.5 Å². The molecule has 2 unspecified atom stereocenters. The van der Waals surface area contributed by atoms with Crippen molar-refractivity contribution in [3.8, 4) is 11.5 Å². The van der Waals surface area contributed by atoms with Crippen molar-refractivity contribution in [1.82, 2.24) is 5.32 Å². The summed E-state index contributed by atoms with van der Waals surface area (Å²) in [4.78, 5) is 22.9. The number of nitrogens with one attached hydrogen (secondary N) is 1. The Kier molecular flexibility index (Phi) is 6.30. The fourth-order valence-electron chi connectivity index (χ4n) is 3.05. The van der Waals surface area contributed by atoms with Gasteiger partial charge in [0.15, 0.2) is 11.5 Å². The number of aliphatic hydroxyl groups is 1. The first-order valence-corrected chi connectivity index (χ1v) is 9.94. The van der Waals surface area contributed by atoms with Gasteiger partial charge in [-0.05, 0) is 65.3 Å². The van der Waals surface area contributed by atoms with Gasteiger partial charge in [0.25, 0.3) is 0 Å². The predicted octanol–water partition coefficient (Wildman–Crippen LogP) is 2.18. The maximum Gasteiger partial charge on any atom is 0.453 e. The lowest BCUT2D eigenvalue weighted by atomic mass is 10.0. The van der Waals surface area contributed by atoms with Gasteiger partial charge in [0.05, 0.1) is 6.10 Å². The second kappa shape index (κ2) is 8.56. The number of aliphatic carboxylic acids is 2. The van der Waals surface area contributed by atoms with E-state index in [0.717, 1.165) is 9.13 Å². The lowest BCUT2D eigenvalue weighted by Crippen LogP contribution is -2.54. The van der Waals surface area contributed by atoms with Gasteiger partial charge >= 0.3 is 17.7 Å². The first-order valence-electron chi connectivity index (χ1n) is 8.86. The van der Waals surface area contributed by atoms with E-state index in [1.165, 1.54) is 6.07 Å². The summed E-state index contributed by atoms with van der Waals surface area (Å²) in [5.74, 6) is -6.09. The number of rotatable bonds is 8. The van der Waals surface area contributed by atoms with Crippen molar-refractivity contribution in [2.45, 2.75) is 31.3 Å². The highest BCUT2D eigenvalue weighted by atomic mass is 127. The van der Waals surface area contributed by atoms with Gasteiger partial charge in [0.2, 0.25) is 0 Å². The number of carbonyl (C=O) groups is 2. The molecule has 0 bridgehead atoms. The van der Waals surface area contributed by atoms with Gasteiger partial charge in [-0.3, -0.25) is 0 Å². The van der Waals surface area contributed by atoms with Gasteiger partial charge in [-0.1, -0.05) is 24.3 Å². The summed E-state index contributed by atoms with van der Waals surface area (Å²) in [6.07, 6.45) is -0.263. The van der Waals surface area contributed by atoms with E-state index in [0.29, 0.717) is 18.5 Å². The zero-order chi connectivity index (χ0) is 21.2. The summed E-state index contributed by atoms with van der Waals surface area (Å²) in [5, 5.41) is 32.2. The number of hydrogen-bond acceptors (Lipinski definition) is 6. The SMILES string of the molecule is CC(Cc1cccc2c1OC(C(=O)O)(C(=O)O)O2)NCC(O)c1cccc(I)c1. The zero-order valence-corrected chi connectivity index (χ0v) is 17.6. The molecule has 0 amide bonds. The number of aliphatic hydroxyl groups excluding tert-OH is 1. The van der Waals surface area contributed by atoms with Crippen molar-refractivity contribution in [2.75, 3.05) is 6.54 Å². The number of carboxylic acid groups (broad SMARTS) is 2. The molecule has 2 atom stereocenters. The van der Waals surface area contributed by atoms with Gasteiger partial charge in [-0.2, -0.15) is 0 Å². The van der Waals surface area contributed by atoms with Crippen LogP contribution in [-0.2, 0) is 16.0 Å². The molecule has 0 fully saturated rings. The van der Waals surface area contributed by atoms with E-state index in [4.69, 9.17) is 9.47 Å². The number of carboxylic acids is 2. The standard InChI is InChI=1S/C20H20INO7/c1-11(22-10-15(23)12-4-2-6-14(21)9-12)8-13-5-3-7-16-17(13)29-20(28-16,18(24)25)19(26)27/h2-7,9,11,15,22-23H,8,10H2,1H3,(H,24,25)(H,26,27). The third-order valence-electron chi connectivity index (χ3n) is 4.54. The number of benzene rings is 2. The number of para-hydroxylation sites is 1. The summed E-state index contributed by atoms with van der Waals surface area (Å²) in [5.41, 5.74) is 1.41. The van der Waals surface area contributed by atoms with Crippen molar-refractivity contribution in [2.24, 2.45) is 0 Å². The Labute approximate surface area is 180 Å². The van der Waals surface area contributed by atoms with Crippen LogP contribution in [0.3, 0.4) is 0 Å². The molecule has 1 aliphatic rings. The molecule has 2 aromatic rings. The van der Waals surface area contributed by atoms with E-state index in [2.05, 4.69) is 27.9 Å². The maximum absolute atomic E-state index is 11.4. The Morgan fingerprint density at radius 1 is 1.14 bits per heavy atom. The van der Waals surface area contributed by atoms with Crippen LogP contribution < -0.4 is 14.8 Å². The molecular formula is C20H20INO7. The minimum Gasteiger partial charge on any atom is -0.475 e. The van der Waals surface area contributed by atoms with Crippen molar-refractivity contribution < 1.29 is 34.4 Å². The molecule has 2 aromatic carbocycles. The number of hydrogen-bond donors (Lipinski definition) is 4. The molecule has 9 heteroatoms. The van der Waals surface area contributed by atoms with Crippen LogP contribution in [0.1, 0.15) is 24.2 Å². The van der Waals surface area contributed by atoms with Gasteiger partial charge in [0.1, 0.15) is 0 Å². The third-order valence-corrected chi connectivity index (χ3v) is 5.21. The van der Waals surface area contributed by atoms with Gasteiger partial charge in [0, 0.05) is 16.2 Å². The van der Waals surface area contributed by atoms with E-state index in [1.54, 1.807) is 12.1 Å². The van der Waals surface area contributed by atoms with E-state index in [-0.39, 0.29) is 17.5 Å². The highest BCUT2D eigenvalue weighted by Crippen LogP contribution is 2.42. The monoisotopic (exact) mass is 513 g/mol. The molecular weight excluding hydrogens is 493 g/mol. The molecule has 0 aromatic heterocycles. The second-order valence-electron chi connectivity index (χ2n) is 6.76. The Morgan fingerprint density at radius 3 is 2.48 bits per heavy atom. The maximum atomic E-state index is 11.4. The fraction of sp³-hybridized carbons (Fsp3) is 0.300. The van der Waals surface area contributed by atoms with Crippen LogP contribution in [0.5, 0.6) is 11.5 Å². The molecule has 0 saturated carbocycles. The minimum atomic E-state index is -2.78. The molecule has 0 aliphatic carbocycles. The molecule has 154 valence electrons. The quantitative estimate of drug-likeness (QED) is 0.313. The summed E-state index contributed by atoms with van der Waals surface area (Å²) < 4.78 is 11.4. The molecule has 8 nitrogen and oxygen atoms in total. The van der Waals surface area contributed by atoms with Crippen molar-refractivity contribution >= 4 is 34.5 Å². The lowest BCUT2D eigenvalue weighted by molar-refractivity contribution is -0.194. The van der Waals surface area contributed by atoms with Crippen LogP contribution in [-0.4, -0.2) is 45.6 Å². The topological polar surface area (TPSA) is 125 Å². The van der Waals surface area contributed by atoms with Crippen LogP contribution in [0, 0.1) is 3.57 Å². The molecule has 0 saturated heterocycles. The number of fused-ring (bicyclic) bond motifs is 1. The van der Waals surface area contributed by atoms with Gasteiger partial charge < -0.3 is 30.1 Å². The van der Waals surface area contributed by atoms with Crippen molar-refractivity contribution in [1.29, 1.82) is 0 Å². The summed E-state index contributed by atoms with van der Waals surface area (Å²) in [6, 6.07) is 12.3. The third kappa shape index (κ3) is 4.46. The fourth-order valence-corrected chi connectivity index (χ4v) is 3.62. The summed E-state index contributed by atoms with van der Waals surface area (Å²) in [7, 11) is 0. The molecule has 0 spiro atoms. The van der Waals surface area contributed by atoms with Gasteiger partial charge in [-0.25, -0.2) is 9.59 Å². The molecule has 1 aliphatic heterocycles. The van der Waals surface area contributed by atoms with Crippen LogP contribution >= 0.6 is 22.6 Å². The first-order chi connectivity index (χ1) is 13.7. The lowest BCUT2D eigenvalue weighted by Gasteiger charge is -2.19. The normalized spacial score (nSPS) is 16.2. The summed E-state index contributed by atoms with van der Waals surface area (Å²) >= 11 is 2.18. The Morgan fingerprint density at radius 2 is 1.83 bits per heavy atom. The zero-order valence-electron chi connectivity index (χ0n) is 15.5. The highest BCUT2D eigenvalue weighted by Gasteiger charge is 2.58. The van der Waals surface area contributed by atoms with Crippen LogP contribution in [0.25, 0.3) is 0 Å². The molecule has 0 radical (unpaired) electrons. The highest BCUT2D eigenvalue weighted by molar-refractivity contribution is 14.1. The largest absolute Gasteiger partial charge is 0.475 e. The smallest absolute Gasteiger partial charge is 0.453 e. The van der Waals surface area contributed by atoms with Crippen LogP contribution in [0.2, 0.25) is 0 Å². The predicted molar refractivity (Wildman–Crippen MR) is 111 cm³/mol. The van der Waals surface area contributed by atoms with Gasteiger partial charge in [-0.15, -0.1) is 0 Å². The average Bonchev–Trinajstić information content (AvgIpc) is 3.08.